The van der Waals surface area contributed by atoms with Gasteiger partial charge in [0.2, 0.25) is 5.78 Å². The summed E-state index contributed by atoms with van der Waals surface area (Å²) >= 11 is 0. The van der Waals surface area contributed by atoms with Gasteiger partial charge in [-0.3, -0.25) is 4.79 Å². The zero-order valence-corrected chi connectivity index (χ0v) is 13.0. The molecule has 126 valence electrons. The number of carbonyl (C=O) groups is 2. The summed E-state index contributed by atoms with van der Waals surface area (Å²) in [7, 11) is 2.67. The van der Waals surface area contributed by atoms with Gasteiger partial charge in [-0.15, -0.1) is 0 Å². The summed E-state index contributed by atoms with van der Waals surface area (Å²) in [6.45, 7) is -0.630. The molecule has 7 heteroatoms. The maximum absolute atomic E-state index is 13.3. The molecule has 0 amide bonds. The highest BCUT2D eigenvalue weighted by Gasteiger charge is 2.19. The van der Waals surface area contributed by atoms with Crippen LogP contribution >= 0.6 is 0 Å². The van der Waals surface area contributed by atoms with Crippen molar-refractivity contribution in [3.63, 3.8) is 0 Å². The van der Waals surface area contributed by atoms with Gasteiger partial charge in [0.25, 0.3) is 0 Å². The Morgan fingerprint density at radius 2 is 1.75 bits per heavy atom. The van der Waals surface area contributed by atoms with Crippen LogP contribution in [0.4, 0.5) is 4.39 Å². The number of ether oxygens (including phenoxy) is 3. The molecule has 1 N–H and O–H groups in total. The number of Topliss-reactive ketones (excluding diaryl/α,β-unsaturated/α-hetero) is 1. The van der Waals surface area contributed by atoms with Gasteiger partial charge in [0.1, 0.15) is 17.1 Å². The molecular formula is C17H15FO6. The predicted molar refractivity (Wildman–Crippen MR) is 82.2 cm³/mol. The van der Waals surface area contributed by atoms with E-state index in [-0.39, 0.29) is 28.4 Å². The largest absolute Gasteiger partial charge is 0.504 e. The number of phenols is 1. The van der Waals surface area contributed by atoms with E-state index in [2.05, 4.69) is 0 Å². The number of benzene rings is 2. The minimum Gasteiger partial charge on any atom is -0.504 e. The van der Waals surface area contributed by atoms with Crippen molar-refractivity contribution in [2.24, 2.45) is 0 Å². The van der Waals surface area contributed by atoms with Crippen LogP contribution in [0.2, 0.25) is 0 Å². The molecule has 0 heterocycles. The standard InChI is InChI=1S/C17H15FO6/c1-22-14-7-6-10(18)8-12(14)13(19)9-24-17(21)11-4-3-5-15(23-2)16(11)20/h3-8,20H,9H2,1-2H3. The molecule has 0 spiro atoms. The molecule has 2 aromatic rings. The Bertz CT molecular complexity index is 772. The van der Waals surface area contributed by atoms with Crippen LogP contribution in [-0.4, -0.2) is 37.7 Å². The molecule has 0 aliphatic heterocycles. The number of carbonyl (C=O) groups excluding carboxylic acids is 2. The van der Waals surface area contributed by atoms with Gasteiger partial charge < -0.3 is 19.3 Å². The first kappa shape index (κ1) is 17.3. The van der Waals surface area contributed by atoms with E-state index in [1.165, 1.54) is 38.5 Å². The number of phenolic OH excluding ortho intramolecular Hbond substituents is 1. The summed E-state index contributed by atoms with van der Waals surface area (Å²) in [6.07, 6.45) is 0. The molecule has 0 aliphatic carbocycles. The van der Waals surface area contributed by atoms with Crippen molar-refractivity contribution in [1.29, 1.82) is 0 Å². The summed E-state index contributed by atoms with van der Waals surface area (Å²) in [5.41, 5.74) is -0.187. The lowest BCUT2D eigenvalue weighted by atomic mass is 10.1. The van der Waals surface area contributed by atoms with E-state index in [1.54, 1.807) is 0 Å². The zero-order valence-electron chi connectivity index (χ0n) is 13.0. The Labute approximate surface area is 137 Å². The van der Waals surface area contributed by atoms with E-state index in [9.17, 15) is 19.1 Å². The van der Waals surface area contributed by atoms with Gasteiger partial charge in [-0.05, 0) is 30.3 Å². The smallest absolute Gasteiger partial charge is 0.342 e. The van der Waals surface area contributed by atoms with Crippen molar-refractivity contribution in [2.45, 2.75) is 0 Å². The van der Waals surface area contributed by atoms with Gasteiger partial charge in [0, 0.05) is 0 Å². The second-order valence-electron chi connectivity index (χ2n) is 4.70. The Morgan fingerprint density at radius 3 is 2.42 bits per heavy atom. The summed E-state index contributed by atoms with van der Waals surface area (Å²) in [4.78, 5) is 24.1. The van der Waals surface area contributed by atoms with E-state index in [0.29, 0.717) is 0 Å². The summed E-state index contributed by atoms with van der Waals surface area (Å²) in [5, 5.41) is 9.88. The molecular weight excluding hydrogens is 319 g/mol. The van der Waals surface area contributed by atoms with Gasteiger partial charge in [0.05, 0.1) is 19.8 Å². The number of para-hydroxylation sites is 1. The maximum Gasteiger partial charge on any atom is 0.342 e. The minimum absolute atomic E-state index is 0.0415. The normalized spacial score (nSPS) is 10.1. The Hall–Kier alpha value is -3.09. The first-order valence-corrected chi connectivity index (χ1v) is 6.87. The van der Waals surface area contributed by atoms with Crippen LogP contribution in [0.5, 0.6) is 17.2 Å². The molecule has 0 unspecified atom stereocenters. The molecule has 0 aliphatic rings. The van der Waals surface area contributed by atoms with Crippen LogP contribution in [0.15, 0.2) is 36.4 Å². The average Bonchev–Trinajstić information content (AvgIpc) is 2.59. The lowest BCUT2D eigenvalue weighted by molar-refractivity contribution is 0.0470. The molecule has 0 atom stereocenters. The minimum atomic E-state index is -0.907. The van der Waals surface area contributed by atoms with Crippen molar-refractivity contribution < 1.29 is 33.3 Å². The van der Waals surface area contributed by atoms with Gasteiger partial charge in [0.15, 0.2) is 18.1 Å². The van der Waals surface area contributed by atoms with Crippen LogP contribution in [-0.2, 0) is 4.74 Å². The van der Waals surface area contributed by atoms with Crippen molar-refractivity contribution in [3.8, 4) is 17.2 Å². The Morgan fingerprint density at radius 1 is 1.04 bits per heavy atom. The lowest BCUT2D eigenvalue weighted by Gasteiger charge is -2.10. The number of hydrogen-bond acceptors (Lipinski definition) is 6. The Balaban J connectivity index is 2.12. The van der Waals surface area contributed by atoms with Crippen LogP contribution in [0, 0.1) is 5.82 Å². The predicted octanol–water partition coefficient (Wildman–Crippen LogP) is 2.59. The first-order chi connectivity index (χ1) is 11.5. The third kappa shape index (κ3) is 3.62. The van der Waals surface area contributed by atoms with Crippen molar-refractivity contribution in [1.82, 2.24) is 0 Å². The number of esters is 1. The van der Waals surface area contributed by atoms with E-state index >= 15 is 0 Å². The third-order valence-corrected chi connectivity index (χ3v) is 3.24. The highest BCUT2D eigenvalue weighted by molar-refractivity contribution is 6.01. The molecule has 0 radical (unpaired) electrons. The number of rotatable bonds is 6. The van der Waals surface area contributed by atoms with Gasteiger partial charge in [-0.1, -0.05) is 6.07 Å². The highest BCUT2D eigenvalue weighted by atomic mass is 19.1. The number of methoxy groups -OCH3 is 2. The van der Waals surface area contributed by atoms with Crippen molar-refractivity contribution in [3.05, 3.63) is 53.3 Å². The number of ketones is 1. The lowest BCUT2D eigenvalue weighted by Crippen LogP contribution is -2.15. The van der Waals surface area contributed by atoms with E-state index in [4.69, 9.17) is 14.2 Å². The fraction of sp³-hybridized carbons (Fsp3) is 0.176. The van der Waals surface area contributed by atoms with Gasteiger partial charge in [-0.25, -0.2) is 9.18 Å². The van der Waals surface area contributed by atoms with E-state index < -0.39 is 24.2 Å². The fourth-order valence-corrected chi connectivity index (χ4v) is 2.04. The molecule has 24 heavy (non-hydrogen) atoms. The quantitative estimate of drug-likeness (QED) is 0.646. The average molecular weight is 334 g/mol. The zero-order chi connectivity index (χ0) is 17.7. The van der Waals surface area contributed by atoms with Gasteiger partial charge in [-0.2, -0.15) is 0 Å². The van der Waals surface area contributed by atoms with Gasteiger partial charge >= 0.3 is 5.97 Å². The number of hydrogen-bond donors (Lipinski definition) is 1. The third-order valence-electron chi connectivity index (χ3n) is 3.24. The molecule has 2 rings (SSSR count). The van der Waals surface area contributed by atoms with Crippen molar-refractivity contribution >= 4 is 11.8 Å². The van der Waals surface area contributed by atoms with Crippen LogP contribution < -0.4 is 9.47 Å². The fourth-order valence-electron chi connectivity index (χ4n) is 2.04. The SMILES string of the molecule is COc1ccc(F)cc1C(=O)COC(=O)c1cccc(OC)c1O. The summed E-state index contributed by atoms with van der Waals surface area (Å²) in [6, 6.07) is 7.74. The van der Waals surface area contributed by atoms with E-state index in [0.717, 1.165) is 12.1 Å². The molecule has 0 fully saturated rings. The van der Waals surface area contributed by atoms with Crippen LogP contribution in [0.3, 0.4) is 0 Å². The highest BCUT2D eigenvalue weighted by Crippen LogP contribution is 2.29. The first-order valence-electron chi connectivity index (χ1n) is 6.87. The second-order valence-corrected chi connectivity index (χ2v) is 4.70. The van der Waals surface area contributed by atoms with Crippen LogP contribution in [0.25, 0.3) is 0 Å². The number of aromatic hydroxyl groups is 1. The second kappa shape index (κ2) is 7.45. The summed E-state index contributed by atoms with van der Waals surface area (Å²) < 4.78 is 28.0. The molecule has 0 saturated carbocycles. The number of halogens is 1. The summed E-state index contributed by atoms with van der Waals surface area (Å²) in [5.74, 6) is -2.28. The monoisotopic (exact) mass is 334 g/mol. The maximum atomic E-state index is 13.3. The van der Waals surface area contributed by atoms with Crippen molar-refractivity contribution in [2.75, 3.05) is 20.8 Å². The molecule has 6 nitrogen and oxygen atoms in total. The topological polar surface area (TPSA) is 82.1 Å². The Kier molecular flexibility index (Phi) is 5.36. The molecule has 0 bridgehead atoms. The molecule has 0 aromatic heterocycles. The molecule has 2 aromatic carbocycles. The van der Waals surface area contributed by atoms with Crippen LogP contribution in [0.1, 0.15) is 20.7 Å². The van der Waals surface area contributed by atoms with E-state index in [1.807, 2.05) is 0 Å². The molecule has 0 saturated heterocycles.